The lowest BCUT2D eigenvalue weighted by atomic mass is 9.88. The fourth-order valence-corrected chi connectivity index (χ4v) is 2.59. The molecule has 0 saturated carbocycles. The maximum absolute atomic E-state index is 9.85. The smallest absolute Gasteiger partial charge is 0.0792 e. The molecule has 0 heterocycles. The third-order valence-corrected chi connectivity index (χ3v) is 3.43. The summed E-state index contributed by atoms with van der Waals surface area (Å²) in [6.45, 7) is 0. The van der Waals surface area contributed by atoms with Gasteiger partial charge in [0.15, 0.2) is 0 Å². The topological polar surface area (TPSA) is 20.2 Å². The van der Waals surface area contributed by atoms with Crippen molar-refractivity contribution >= 4 is 11.8 Å². The van der Waals surface area contributed by atoms with E-state index < -0.39 is 0 Å². The number of aryl methyl sites for hydroxylation is 1. The Morgan fingerprint density at radius 3 is 3.14 bits per heavy atom. The highest BCUT2D eigenvalue weighted by molar-refractivity contribution is 7.97. The number of hydrogen-bond donors (Lipinski definition) is 1. The van der Waals surface area contributed by atoms with Crippen molar-refractivity contribution in [3.8, 4) is 0 Å². The Morgan fingerprint density at radius 2 is 2.36 bits per heavy atom. The second-order valence-electron chi connectivity index (χ2n) is 3.87. The molecule has 1 aliphatic rings. The molecule has 1 aromatic carbocycles. The van der Waals surface area contributed by atoms with Crippen LogP contribution in [0.5, 0.6) is 0 Å². The number of benzene rings is 1. The summed E-state index contributed by atoms with van der Waals surface area (Å²) in [6.07, 6.45) is 5.06. The van der Waals surface area contributed by atoms with Crippen molar-refractivity contribution in [2.75, 3.05) is 6.26 Å². The van der Waals surface area contributed by atoms with Crippen LogP contribution in [-0.2, 0) is 12.2 Å². The summed E-state index contributed by atoms with van der Waals surface area (Å²) in [5.74, 6) is 1.04. The van der Waals surface area contributed by atoms with Gasteiger partial charge in [-0.05, 0) is 42.2 Å². The summed E-state index contributed by atoms with van der Waals surface area (Å²) in [5, 5.41) is 9.85. The number of fused-ring (bicyclic) bond motifs is 1. The maximum atomic E-state index is 9.85. The molecule has 0 spiro atoms. The normalized spacial score (nSPS) is 20.6. The average molecular weight is 208 g/mol. The van der Waals surface area contributed by atoms with Crippen LogP contribution in [0.15, 0.2) is 18.2 Å². The highest BCUT2D eigenvalue weighted by atomic mass is 32.2. The maximum Gasteiger partial charge on any atom is 0.0792 e. The van der Waals surface area contributed by atoms with E-state index in [2.05, 4.69) is 24.5 Å². The van der Waals surface area contributed by atoms with Gasteiger partial charge in [0.25, 0.3) is 0 Å². The van der Waals surface area contributed by atoms with Gasteiger partial charge in [-0.3, -0.25) is 0 Å². The molecule has 0 amide bonds. The molecule has 0 bridgehead atoms. The van der Waals surface area contributed by atoms with E-state index in [1.165, 1.54) is 16.7 Å². The van der Waals surface area contributed by atoms with E-state index in [4.69, 9.17) is 0 Å². The zero-order valence-electron chi connectivity index (χ0n) is 8.49. The molecule has 0 aliphatic heterocycles. The van der Waals surface area contributed by atoms with E-state index in [-0.39, 0.29) is 6.10 Å². The molecule has 14 heavy (non-hydrogen) atoms. The minimum atomic E-state index is -0.222. The summed E-state index contributed by atoms with van der Waals surface area (Å²) in [4.78, 5) is 0. The molecule has 1 nitrogen and oxygen atoms in total. The van der Waals surface area contributed by atoms with Crippen molar-refractivity contribution in [3.05, 3.63) is 34.9 Å². The summed E-state index contributed by atoms with van der Waals surface area (Å²) in [7, 11) is 0. The second kappa shape index (κ2) is 4.37. The summed E-state index contributed by atoms with van der Waals surface area (Å²) >= 11 is 1.82. The van der Waals surface area contributed by atoms with Crippen molar-refractivity contribution in [2.45, 2.75) is 31.1 Å². The summed E-state index contributed by atoms with van der Waals surface area (Å²) < 4.78 is 0. The number of rotatable bonds is 2. The van der Waals surface area contributed by atoms with Crippen molar-refractivity contribution in [3.63, 3.8) is 0 Å². The van der Waals surface area contributed by atoms with Crippen LogP contribution in [0, 0.1) is 0 Å². The number of hydrogen-bond acceptors (Lipinski definition) is 2. The van der Waals surface area contributed by atoms with Gasteiger partial charge < -0.3 is 5.11 Å². The van der Waals surface area contributed by atoms with E-state index in [1.54, 1.807) is 0 Å². The van der Waals surface area contributed by atoms with E-state index >= 15 is 0 Å². The first-order chi connectivity index (χ1) is 6.81. The molecular formula is C12H16OS. The Labute approximate surface area is 89.5 Å². The molecule has 0 radical (unpaired) electrons. The van der Waals surface area contributed by atoms with Crippen LogP contribution < -0.4 is 0 Å². The molecule has 2 heteroatoms. The molecule has 1 N–H and O–H groups in total. The van der Waals surface area contributed by atoms with Gasteiger partial charge in [0.05, 0.1) is 6.10 Å². The monoisotopic (exact) mass is 208 g/mol. The summed E-state index contributed by atoms with van der Waals surface area (Å²) in [6, 6.07) is 6.55. The number of aliphatic hydroxyl groups excluding tert-OH is 1. The van der Waals surface area contributed by atoms with Gasteiger partial charge in [0.1, 0.15) is 0 Å². The van der Waals surface area contributed by atoms with E-state index in [0.717, 1.165) is 25.0 Å². The van der Waals surface area contributed by atoms with Gasteiger partial charge in [0, 0.05) is 5.75 Å². The standard InChI is InChI=1S/C12H16OS/c1-14-8-9-5-6-10-3-2-4-12(13)11(10)7-9/h5-7,12-13H,2-4,8H2,1H3. The van der Waals surface area contributed by atoms with E-state index in [9.17, 15) is 5.11 Å². The van der Waals surface area contributed by atoms with Crippen LogP contribution in [-0.4, -0.2) is 11.4 Å². The van der Waals surface area contributed by atoms with E-state index in [0.29, 0.717) is 0 Å². The Kier molecular flexibility index (Phi) is 3.14. The predicted molar refractivity (Wildman–Crippen MR) is 61.6 cm³/mol. The first-order valence-electron chi connectivity index (χ1n) is 5.10. The van der Waals surface area contributed by atoms with Crippen molar-refractivity contribution < 1.29 is 5.11 Å². The van der Waals surface area contributed by atoms with Crippen molar-refractivity contribution in [1.82, 2.24) is 0 Å². The van der Waals surface area contributed by atoms with Crippen LogP contribution in [0.25, 0.3) is 0 Å². The van der Waals surface area contributed by atoms with E-state index in [1.807, 2.05) is 11.8 Å². The van der Waals surface area contributed by atoms with Gasteiger partial charge in [-0.25, -0.2) is 0 Å². The van der Waals surface area contributed by atoms with Crippen LogP contribution in [0.1, 0.15) is 35.6 Å². The third kappa shape index (κ3) is 1.96. The fourth-order valence-electron chi connectivity index (χ4n) is 2.08. The van der Waals surface area contributed by atoms with Gasteiger partial charge in [-0.2, -0.15) is 11.8 Å². The van der Waals surface area contributed by atoms with Crippen LogP contribution in [0.3, 0.4) is 0 Å². The highest BCUT2D eigenvalue weighted by Gasteiger charge is 2.17. The molecule has 0 fully saturated rings. The lowest BCUT2D eigenvalue weighted by Crippen LogP contribution is -2.09. The quantitative estimate of drug-likeness (QED) is 0.806. The molecule has 1 aromatic rings. The zero-order chi connectivity index (χ0) is 9.97. The molecule has 1 unspecified atom stereocenters. The van der Waals surface area contributed by atoms with Crippen molar-refractivity contribution in [1.29, 1.82) is 0 Å². The molecule has 76 valence electrons. The average Bonchev–Trinajstić information content (AvgIpc) is 2.20. The van der Waals surface area contributed by atoms with Gasteiger partial charge in [0.2, 0.25) is 0 Å². The van der Waals surface area contributed by atoms with Crippen molar-refractivity contribution in [2.24, 2.45) is 0 Å². The lowest BCUT2D eigenvalue weighted by molar-refractivity contribution is 0.156. The zero-order valence-corrected chi connectivity index (χ0v) is 9.31. The Morgan fingerprint density at radius 1 is 1.50 bits per heavy atom. The first-order valence-corrected chi connectivity index (χ1v) is 6.49. The minimum Gasteiger partial charge on any atom is -0.388 e. The second-order valence-corrected chi connectivity index (χ2v) is 4.74. The minimum absolute atomic E-state index is 0.222. The third-order valence-electron chi connectivity index (χ3n) is 2.80. The fraction of sp³-hybridized carbons (Fsp3) is 0.500. The molecule has 0 aromatic heterocycles. The Balaban J connectivity index is 2.31. The molecule has 0 saturated heterocycles. The summed E-state index contributed by atoms with van der Waals surface area (Å²) in [5.41, 5.74) is 3.84. The molecule has 2 rings (SSSR count). The molecule has 1 aliphatic carbocycles. The first kappa shape index (κ1) is 10.1. The Hall–Kier alpha value is -0.470. The molecular weight excluding hydrogens is 192 g/mol. The van der Waals surface area contributed by atoms with Crippen LogP contribution in [0.2, 0.25) is 0 Å². The molecule has 1 atom stereocenters. The predicted octanol–water partition coefficient (Wildman–Crippen LogP) is 2.92. The van der Waals surface area contributed by atoms with Crippen LogP contribution >= 0.6 is 11.8 Å². The van der Waals surface area contributed by atoms with Gasteiger partial charge >= 0.3 is 0 Å². The number of thioether (sulfide) groups is 1. The number of aliphatic hydroxyl groups is 1. The van der Waals surface area contributed by atoms with Gasteiger partial charge in [-0.1, -0.05) is 18.2 Å². The lowest BCUT2D eigenvalue weighted by Gasteiger charge is -2.21. The Bertz CT molecular complexity index is 322. The highest BCUT2D eigenvalue weighted by Crippen LogP contribution is 2.30. The van der Waals surface area contributed by atoms with Crippen LogP contribution in [0.4, 0.5) is 0 Å². The SMILES string of the molecule is CSCc1ccc2c(c1)C(O)CCC2. The largest absolute Gasteiger partial charge is 0.388 e. The van der Waals surface area contributed by atoms with Gasteiger partial charge in [-0.15, -0.1) is 0 Å².